The number of rotatable bonds is 5. The number of carboxylic acid groups (broad SMARTS) is 1. The number of benzene rings is 1. The predicted octanol–water partition coefficient (Wildman–Crippen LogP) is 1.81. The summed E-state index contributed by atoms with van der Waals surface area (Å²) in [6, 6.07) is 8.03. The molecule has 7 heteroatoms. The number of carbonyl (C=O) groups excluding carboxylic acids is 1. The van der Waals surface area contributed by atoms with Gasteiger partial charge in [-0.2, -0.15) is 5.10 Å². The third-order valence-electron chi connectivity index (χ3n) is 3.36. The van der Waals surface area contributed by atoms with Crippen LogP contribution in [0.15, 0.2) is 30.3 Å². The summed E-state index contributed by atoms with van der Waals surface area (Å²) in [4.78, 5) is 23.6. The molecule has 1 amide bonds. The van der Waals surface area contributed by atoms with Crippen molar-refractivity contribution in [1.82, 2.24) is 15.1 Å². The number of hydrogen-bond donors (Lipinski definition) is 2. The topological polar surface area (TPSA) is 84.2 Å². The van der Waals surface area contributed by atoms with Crippen LogP contribution in [0.25, 0.3) is 0 Å². The maximum atomic E-state index is 12.2. The molecule has 0 fully saturated rings. The van der Waals surface area contributed by atoms with Crippen LogP contribution in [0.3, 0.4) is 0 Å². The molecule has 0 saturated carbocycles. The van der Waals surface area contributed by atoms with E-state index in [9.17, 15) is 14.7 Å². The van der Waals surface area contributed by atoms with E-state index in [2.05, 4.69) is 10.4 Å². The summed E-state index contributed by atoms with van der Waals surface area (Å²) in [6.07, 6.45) is 0.186. The number of nitrogens with one attached hydrogen (secondary N) is 1. The number of aryl methyl sites for hydroxylation is 1. The first-order valence-electron chi connectivity index (χ1n) is 6.67. The highest BCUT2D eigenvalue weighted by molar-refractivity contribution is 6.34. The molecule has 1 unspecified atom stereocenters. The average molecular weight is 322 g/mol. The number of amides is 1. The zero-order valence-corrected chi connectivity index (χ0v) is 13.0. The molecule has 0 aliphatic rings. The van der Waals surface area contributed by atoms with Gasteiger partial charge in [-0.1, -0.05) is 41.9 Å². The molecule has 1 atom stereocenters. The maximum Gasteiger partial charge on any atom is 0.326 e. The second-order valence-electron chi connectivity index (χ2n) is 4.93. The van der Waals surface area contributed by atoms with E-state index < -0.39 is 17.9 Å². The minimum atomic E-state index is -1.11. The summed E-state index contributed by atoms with van der Waals surface area (Å²) < 4.78 is 1.48. The molecule has 0 aliphatic heterocycles. The lowest BCUT2D eigenvalue weighted by atomic mass is 10.1. The summed E-state index contributed by atoms with van der Waals surface area (Å²) in [5, 5.41) is 16.0. The van der Waals surface area contributed by atoms with Crippen LogP contribution in [0, 0.1) is 6.92 Å². The fraction of sp³-hybridized carbons (Fsp3) is 0.267. The van der Waals surface area contributed by atoms with Gasteiger partial charge >= 0.3 is 5.97 Å². The lowest BCUT2D eigenvalue weighted by Crippen LogP contribution is -2.42. The van der Waals surface area contributed by atoms with Gasteiger partial charge in [-0.25, -0.2) is 4.79 Å². The Morgan fingerprint density at radius 3 is 2.50 bits per heavy atom. The van der Waals surface area contributed by atoms with E-state index in [0.29, 0.717) is 5.69 Å². The van der Waals surface area contributed by atoms with E-state index in [1.807, 2.05) is 18.2 Å². The zero-order valence-electron chi connectivity index (χ0n) is 12.2. The minimum absolute atomic E-state index is 0.0287. The average Bonchev–Trinajstić information content (AvgIpc) is 2.75. The highest BCUT2D eigenvalue weighted by Crippen LogP contribution is 2.19. The number of aromatic nitrogens is 2. The molecular weight excluding hydrogens is 306 g/mol. The molecule has 0 spiro atoms. The van der Waals surface area contributed by atoms with Gasteiger partial charge < -0.3 is 10.4 Å². The standard InChI is InChI=1S/C15H16ClN3O3/c1-9-12(16)13(18-19(9)2)14(20)17-11(15(21)22)8-10-6-4-3-5-7-10/h3-7,11H,8H2,1-2H3,(H,17,20)(H,21,22). The molecule has 1 aromatic heterocycles. The number of carboxylic acids is 1. The second-order valence-corrected chi connectivity index (χ2v) is 5.30. The number of carbonyl (C=O) groups is 2. The molecule has 1 heterocycles. The first-order chi connectivity index (χ1) is 10.4. The number of halogens is 1. The highest BCUT2D eigenvalue weighted by Gasteiger charge is 2.25. The van der Waals surface area contributed by atoms with E-state index in [4.69, 9.17) is 11.6 Å². The lowest BCUT2D eigenvalue weighted by Gasteiger charge is -2.14. The molecule has 2 N–H and O–H groups in total. The maximum absolute atomic E-state index is 12.2. The molecular formula is C15H16ClN3O3. The second kappa shape index (κ2) is 6.62. The van der Waals surface area contributed by atoms with Crippen LogP contribution in [-0.2, 0) is 18.3 Å². The molecule has 22 heavy (non-hydrogen) atoms. The zero-order chi connectivity index (χ0) is 16.3. The van der Waals surface area contributed by atoms with Crippen molar-refractivity contribution in [2.75, 3.05) is 0 Å². The van der Waals surface area contributed by atoms with Crippen molar-refractivity contribution in [2.24, 2.45) is 7.05 Å². The van der Waals surface area contributed by atoms with Gasteiger partial charge in [-0.15, -0.1) is 0 Å². The van der Waals surface area contributed by atoms with Crippen molar-refractivity contribution in [3.63, 3.8) is 0 Å². The Labute approximate surface area is 132 Å². The number of hydrogen-bond acceptors (Lipinski definition) is 3. The van der Waals surface area contributed by atoms with Crippen molar-refractivity contribution >= 4 is 23.5 Å². The summed E-state index contributed by atoms with van der Waals surface area (Å²) in [5.41, 5.74) is 1.49. The Kier molecular flexibility index (Phi) is 4.82. The summed E-state index contributed by atoms with van der Waals surface area (Å²) in [7, 11) is 1.66. The van der Waals surface area contributed by atoms with Gasteiger partial charge in [-0.3, -0.25) is 9.48 Å². The molecule has 0 radical (unpaired) electrons. The van der Waals surface area contributed by atoms with Crippen LogP contribution in [0.5, 0.6) is 0 Å². The van der Waals surface area contributed by atoms with Crippen LogP contribution in [0.2, 0.25) is 5.02 Å². The van der Waals surface area contributed by atoms with Gasteiger partial charge in [0.15, 0.2) is 5.69 Å². The lowest BCUT2D eigenvalue weighted by molar-refractivity contribution is -0.139. The first kappa shape index (κ1) is 16.0. The van der Waals surface area contributed by atoms with Gasteiger partial charge in [-0.05, 0) is 12.5 Å². The predicted molar refractivity (Wildman–Crippen MR) is 82.0 cm³/mol. The summed E-state index contributed by atoms with van der Waals surface area (Å²) in [5.74, 6) is -1.71. The smallest absolute Gasteiger partial charge is 0.326 e. The Balaban J connectivity index is 2.15. The third kappa shape index (κ3) is 3.46. The first-order valence-corrected chi connectivity index (χ1v) is 7.04. The SMILES string of the molecule is Cc1c(Cl)c(C(=O)NC(Cc2ccccc2)C(=O)O)nn1C. The molecule has 0 aliphatic carbocycles. The Morgan fingerprint density at radius 1 is 1.36 bits per heavy atom. The van der Waals surface area contributed by atoms with Gasteiger partial charge in [0.25, 0.3) is 5.91 Å². The van der Waals surface area contributed by atoms with Crippen LogP contribution < -0.4 is 5.32 Å². The number of aliphatic carboxylic acids is 1. The normalized spacial score (nSPS) is 12.0. The van der Waals surface area contributed by atoms with E-state index in [1.165, 1.54) is 4.68 Å². The monoisotopic (exact) mass is 321 g/mol. The van der Waals surface area contributed by atoms with E-state index >= 15 is 0 Å². The third-order valence-corrected chi connectivity index (χ3v) is 3.81. The van der Waals surface area contributed by atoms with Crippen LogP contribution in [0.4, 0.5) is 0 Å². The van der Waals surface area contributed by atoms with E-state index in [-0.39, 0.29) is 17.1 Å². The molecule has 2 rings (SSSR count). The number of nitrogens with zero attached hydrogens (tertiary/aromatic N) is 2. The quantitative estimate of drug-likeness (QED) is 0.879. The van der Waals surface area contributed by atoms with E-state index in [1.54, 1.807) is 26.1 Å². The van der Waals surface area contributed by atoms with Gasteiger partial charge in [0.2, 0.25) is 0 Å². The molecule has 1 aromatic carbocycles. The van der Waals surface area contributed by atoms with Gasteiger partial charge in [0.1, 0.15) is 6.04 Å². The van der Waals surface area contributed by atoms with Gasteiger partial charge in [0.05, 0.1) is 10.7 Å². The fourth-order valence-corrected chi connectivity index (χ4v) is 2.25. The Morgan fingerprint density at radius 2 is 2.00 bits per heavy atom. The molecule has 116 valence electrons. The van der Waals surface area contributed by atoms with Crippen LogP contribution in [-0.4, -0.2) is 32.8 Å². The van der Waals surface area contributed by atoms with Crippen molar-refractivity contribution < 1.29 is 14.7 Å². The summed E-state index contributed by atoms with van der Waals surface area (Å²) >= 11 is 6.04. The highest BCUT2D eigenvalue weighted by atomic mass is 35.5. The molecule has 6 nitrogen and oxygen atoms in total. The van der Waals surface area contributed by atoms with Crippen molar-refractivity contribution in [3.05, 3.63) is 52.3 Å². The summed E-state index contributed by atoms with van der Waals surface area (Å²) in [6.45, 7) is 1.73. The van der Waals surface area contributed by atoms with Gasteiger partial charge in [0, 0.05) is 13.5 Å². The van der Waals surface area contributed by atoms with Crippen molar-refractivity contribution in [2.45, 2.75) is 19.4 Å². The van der Waals surface area contributed by atoms with Crippen molar-refractivity contribution in [3.8, 4) is 0 Å². The molecule has 0 saturated heterocycles. The Hall–Kier alpha value is -2.34. The Bertz CT molecular complexity index is 698. The largest absolute Gasteiger partial charge is 0.480 e. The van der Waals surface area contributed by atoms with Crippen LogP contribution >= 0.6 is 11.6 Å². The molecule has 0 bridgehead atoms. The molecule has 2 aromatic rings. The minimum Gasteiger partial charge on any atom is -0.480 e. The van der Waals surface area contributed by atoms with Crippen molar-refractivity contribution in [1.29, 1.82) is 0 Å². The fourth-order valence-electron chi connectivity index (χ4n) is 2.00. The van der Waals surface area contributed by atoms with Crippen LogP contribution in [0.1, 0.15) is 21.7 Å². The van der Waals surface area contributed by atoms with E-state index in [0.717, 1.165) is 5.56 Å².